The molecule has 0 spiro atoms. The first-order valence-corrected chi connectivity index (χ1v) is 7.75. The van der Waals surface area contributed by atoms with Crippen LogP contribution in [-0.4, -0.2) is 23.9 Å². The molecule has 0 saturated heterocycles. The number of carbonyl (C=O) groups is 2. The fourth-order valence-corrected chi connectivity index (χ4v) is 3.84. The summed E-state index contributed by atoms with van der Waals surface area (Å²) in [5.41, 5.74) is 11.6. The van der Waals surface area contributed by atoms with Gasteiger partial charge in [-0.1, -0.05) is 20.3 Å². The van der Waals surface area contributed by atoms with Crippen LogP contribution >= 0.6 is 12.4 Å². The maximum atomic E-state index is 12.4. The summed E-state index contributed by atoms with van der Waals surface area (Å²) in [5.74, 6) is 0.452. The third kappa shape index (κ3) is 4.10. The summed E-state index contributed by atoms with van der Waals surface area (Å²) in [6.45, 7) is 3.78. The Morgan fingerprint density at radius 3 is 2.10 bits per heavy atom. The van der Waals surface area contributed by atoms with Crippen LogP contribution in [0.1, 0.15) is 46.0 Å². The Labute approximate surface area is 133 Å². The molecule has 2 rings (SSSR count). The predicted molar refractivity (Wildman–Crippen MR) is 84.7 cm³/mol. The molecule has 2 fully saturated rings. The van der Waals surface area contributed by atoms with Crippen molar-refractivity contribution in [3.63, 3.8) is 0 Å². The Bertz CT molecular complexity index is 375. The van der Waals surface area contributed by atoms with Gasteiger partial charge in [0.2, 0.25) is 11.8 Å². The quantitative estimate of drug-likeness (QED) is 0.726. The summed E-state index contributed by atoms with van der Waals surface area (Å²) in [4.78, 5) is 23.8. The molecule has 2 amide bonds. The van der Waals surface area contributed by atoms with Crippen molar-refractivity contribution in [1.29, 1.82) is 0 Å². The number of primary amides is 1. The van der Waals surface area contributed by atoms with Crippen molar-refractivity contribution in [2.75, 3.05) is 0 Å². The van der Waals surface area contributed by atoms with Crippen LogP contribution in [-0.2, 0) is 9.59 Å². The highest BCUT2D eigenvalue weighted by Crippen LogP contribution is 2.41. The zero-order valence-corrected chi connectivity index (χ0v) is 13.7. The molecule has 0 radical (unpaired) electrons. The zero-order chi connectivity index (χ0) is 14.9. The van der Waals surface area contributed by atoms with Crippen LogP contribution in [0.2, 0.25) is 0 Å². The molecule has 122 valence electrons. The average molecular weight is 318 g/mol. The third-order valence-electron chi connectivity index (χ3n) is 5.05. The number of amides is 2. The summed E-state index contributed by atoms with van der Waals surface area (Å²) >= 11 is 0. The highest BCUT2D eigenvalue weighted by Gasteiger charge is 2.41. The first kappa shape index (κ1) is 18.2. The summed E-state index contributed by atoms with van der Waals surface area (Å²) in [6, 6.07) is -0.317. The standard InChI is InChI=1S/C15H27N3O2.ClH/c1-8(2)13(14(17)19)18-15(20)11-6-9-4-3-5-10(7-11)12(9)16;/h8-13H,3-7,16H2,1-2H3,(H2,17,19)(H,18,20);1H. The number of carbonyl (C=O) groups excluding carboxylic acids is 2. The van der Waals surface area contributed by atoms with Gasteiger partial charge in [0.05, 0.1) is 0 Å². The summed E-state index contributed by atoms with van der Waals surface area (Å²) in [5, 5.41) is 2.84. The Morgan fingerprint density at radius 2 is 1.67 bits per heavy atom. The molecule has 2 aliphatic rings. The van der Waals surface area contributed by atoms with Crippen molar-refractivity contribution in [2.24, 2.45) is 35.1 Å². The van der Waals surface area contributed by atoms with Gasteiger partial charge in [-0.15, -0.1) is 12.4 Å². The van der Waals surface area contributed by atoms with Crippen molar-refractivity contribution in [3.8, 4) is 0 Å². The zero-order valence-electron chi connectivity index (χ0n) is 12.9. The molecule has 5 nitrogen and oxygen atoms in total. The first-order chi connectivity index (χ1) is 9.40. The van der Waals surface area contributed by atoms with Crippen LogP contribution in [0.4, 0.5) is 0 Å². The number of rotatable bonds is 4. The van der Waals surface area contributed by atoms with Crippen molar-refractivity contribution in [3.05, 3.63) is 0 Å². The monoisotopic (exact) mass is 317 g/mol. The number of halogens is 1. The van der Waals surface area contributed by atoms with Gasteiger partial charge in [0.15, 0.2) is 0 Å². The lowest BCUT2D eigenvalue weighted by Crippen LogP contribution is -2.53. The normalized spacial score (nSPS) is 33.0. The lowest BCUT2D eigenvalue weighted by Gasteiger charge is -2.43. The number of fused-ring (bicyclic) bond motifs is 2. The van der Waals surface area contributed by atoms with Gasteiger partial charge in [-0.05, 0) is 43.4 Å². The SMILES string of the molecule is CC(C)C(NC(=O)C1CC2CCCC(C1)C2N)C(N)=O.Cl. The average Bonchev–Trinajstić information content (AvgIpc) is 2.34. The number of nitrogens with two attached hydrogens (primary N) is 2. The number of nitrogens with one attached hydrogen (secondary N) is 1. The smallest absolute Gasteiger partial charge is 0.240 e. The molecule has 2 bridgehead atoms. The van der Waals surface area contributed by atoms with E-state index in [0.717, 1.165) is 25.7 Å². The largest absolute Gasteiger partial charge is 0.368 e. The van der Waals surface area contributed by atoms with Crippen molar-refractivity contribution in [2.45, 2.75) is 58.0 Å². The highest BCUT2D eigenvalue weighted by atomic mass is 35.5. The summed E-state index contributed by atoms with van der Waals surface area (Å²) in [7, 11) is 0. The Morgan fingerprint density at radius 1 is 1.14 bits per heavy atom. The Kier molecular flexibility index (Phi) is 6.47. The van der Waals surface area contributed by atoms with E-state index in [2.05, 4.69) is 5.32 Å². The topological polar surface area (TPSA) is 98.2 Å². The van der Waals surface area contributed by atoms with Gasteiger partial charge in [0, 0.05) is 12.0 Å². The third-order valence-corrected chi connectivity index (χ3v) is 5.05. The van der Waals surface area contributed by atoms with Gasteiger partial charge in [-0.25, -0.2) is 0 Å². The maximum Gasteiger partial charge on any atom is 0.240 e. The van der Waals surface area contributed by atoms with Crippen LogP contribution in [0.3, 0.4) is 0 Å². The predicted octanol–water partition coefficient (Wildman–Crippen LogP) is 1.19. The molecule has 5 N–H and O–H groups in total. The van der Waals surface area contributed by atoms with Crippen LogP contribution < -0.4 is 16.8 Å². The van der Waals surface area contributed by atoms with E-state index >= 15 is 0 Å². The molecule has 21 heavy (non-hydrogen) atoms. The molecular formula is C15H28ClN3O2. The van der Waals surface area contributed by atoms with Crippen LogP contribution in [0.5, 0.6) is 0 Å². The Balaban J connectivity index is 0.00000220. The van der Waals surface area contributed by atoms with Crippen LogP contribution in [0, 0.1) is 23.7 Å². The van der Waals surface area contributed by atoms with Gasteiger partial charge in [0.1, 0.15) is 6.04 Å². The van der Waals surface area contributed by atoms with Gasteiger partial charge in [0.25, 0.3) is 0 Å². The maximum absolute atomic E-state index is 12.4. The fourth-order valence-electron chi connectivity index (χ4n) is 3.84. The van der Waals surface area contributed by atoms with E-state index in [1.165, 1.54) is 6.42 Å². The van der Waals surface area contributed by atoms with Crippen LogP contribution in [0.25, 0.3) is 0 Å². The minimum absolute atomic E-state index is 0. The van der Waals surface area contributed by atoms with Crippen LogP contribution in [0.15, 0.2) is 0 Å². The fraction of sp³-hybridized carbons (Fsp3) is 0.867. The van der Waals surface area contributed by atoms with E-state index in [-0.39, 0.29) is 36.2 Å². The second-order valence-electron chi connectivity index (χ2n) is 6.83. The van der Waals surface area contributed by atoms with E-state index in [9.17, 15) is 9.59 Å². The molecule has 3 unspecified atom stereocenters. The van der Waals surface area contributed by atoms with Crippen molar-refractivity contribution >= 4 is 24.2 Å². The van der Waals surface area contributed by atoms with Crippen molar-refractivity contribution in [1.82, 2.24) is 5.32 Å². The molecule has 2 aliphatic carbocycles. The summed E-state index contributed by atoms with van der Waals surface area (Å²) < 4.78 is 0. The molecule has 2 saturated carbocycles. The first-order valence-electron chi connectivity index (χ1n) is 7.75. The van der Waals surface area contributed by atoms with E-state index in [1.807, 2.05) is 13.8 Å². The lowest BCUT2D eigenvalue weighted by atomic mass is 9.65. The van der Waals surface area contributed by atoms with E-state index in [0.29, 0.717) is 11.8 Å². The number of hydrogen-bond donors (Lipinski definition) is 3. The van der Waals surface area contributed by atoms with Gasteiger partial charge in [-0.2, -0.15) is 0 Å². The summed E-state index contributed by atoms with van der Waals surface area (Å²) in [6.07, 6.45) is 5.20. The van der Waals surface area contributed by atoms with Gasteiger partial charge in [-0.3, -0.25) is 9.59 Å². The highest BCUT2D eigenvalue weighted by molar-refractivity contribution is 5.87. The lowest BCUT2D eigenvalue weighted by molar-refractivity contribution is -0.132. The molecule has 0 aliphatic heterocycles. The van der Waals surface area contributed by atoms with Gasteiger partial charge >= 0.3 is 0 Å². The molecular weight excluding hydrogens is 290 g/mol. The molecule has 3 atom stereocenters. The number of hydrogen-bond acceptors (Lipinski definition) is 3. The second-order valence-corrected chi connectivity index (χ2v) is 6.83. The van der Waals surface area contributed by atoms with E-state index < -0.39 is 11.9 Å². The minimum Gasteiger partial charge on any atom is -0.368 e. The molecule has 0 aromatic carbocycles. The van der Waals surface area contributed by atoms with Crippen molar-refractivity contribution < 1.29 is 9.59 Å². The molecule has 0 heterocycles. The molecule has 6 heteroatoms. The second kappa shape index (κ2) is 7.45. The van der Waals surface area contributed by atoms with E-state index in [4.69, 9.17) is 11.5 Å². The molecule has 0 aromatic heterocycles. The van der Waals surface area contributed by atoms with E-state index in [1.54, 1.807) is 0 Å². The minimum atomic E-state index is -0.571. The Hall–Kier alpha value is -0.810. The molecule has 0 aromatic rings. The van der Waals surface area contributed by atoms with Gasteiger partial charge < -0.3 is 16.8 Å².